The highest BCUT2D eigenvalue weighted by Gasteiger charge is 2.25. The van der Waals surface area contributed by atoms with Crippen LogP contribution in [0.25, 0.3) is 0 Å². The van der Waals surface area contributed by atoms with Crippen LogP contribution in [0.2, 0.25) is 0 Å². The standard InChI is InChI=1S/C21H26N4O3/c1-14(12-27-2)28-17-4-3-16-9-22-21(18(16)7-17)19-8-20(24-13-23-19)25-6-5-15(10-25)11-26/h3-4,7-8,13-15,26H,5-6,9-12H2,1-2H3/t14-,15+/m0/s1. The maximum Gasteiger partial charge on any atom is 0.132 e. The predicted molar refractivity (Wildman–Crippen MR) is 107 cm³/mol. The van der Waals surface area contributed by atoms with Crippen molar-refractivity contribution >= 4 is 11.5 Å². The normalized spacial score (nSPS) is 19.5. The Labute approximate surface area is 165 Å². The molecule has 1 aromatic carbocycles. The number of methoxy groups -OCH3 is 1. The molecule has 1 fully saturated rings. The van der Waals surface area contributed by atoms with Gasteiger partial charge in [-0.2, -0.15) is 0 Å². The molecular weight excluding hydrogens is 356 g/mol. The molecule has 4 rings (SSSR count). The third-order valence-corrected chi connectivity index (χ3v) is 5.25. The van der Waals surface area contributed by atoms with Crippen molar-refractivity contribution in [2.45, 2.75) is 26.0 Å². The lowest BCUT2D eigenvalue weighted by atomic mass is 10.0. The van der Waals surface area contributed by atoms with Crippen LogP contribution in [0.1, 0.15) is 30.2 Å². The maximum atomic E-state index is 9.39. The van der Waals surface area contributed by atoms with Crippen molar-refractivity contribution in [1.82, 2.24) is 9.97 Å². The second kappa shape index (κ2) is 8.24. The summed E-state index contributed by atoms with van der Waals surface area (Å²) in [4.78, 5) is 15.8. The predicted octanol–water partition coefficient (Wildman–Crippen LogP) is 2.06. The van der Waals surface area contributed by atoms with Gasteiger partial charge in [-0.1, -0.05) is 6.07 Å². The molecule has 2 aliphatic rings. The molecule has 0 amide bonds. The summed E-state index contributed by atoms with van der Waals surface area (Å²) < 4.78 is 11.1. The van der Waals surface area contributed by atoms with E-state index < -0.39 is 0 Å². The third-order valence-electron chi connectivity index (χ3n) is 5.25. The lowest BCUT2D eigenvalue weighted by Gasteiger charge is -2.18. The van der Waals surface area contributed by atoms with Gasteiger partial charge in [0.2, 0.25) is 0 Å². The summed E-state index contributed by atoms with van der Waals surface area (Å²) in [6, 6.07) is 8.07. The second-order valence-electron chi connectivity index (χ2n) is 7.41. The zero-order valence-electron chi connectivity index (χ0n) is 16.3. The Balaban J connectivity index is 1.56. The minimum Gasteiger partial charge on any atom is -0.488 e. The van der Waals surface area contributed by atoms with E-state index in [4.69, 9.17) is 14.5 Å². The number of aliphatic imine (C=N–C) groups is 1. The zero-order chi connectivity index (χ0) is 19.5. The molecule has 3 heterocycles. The van der Waals surface area contributed by atoms with Gasteiger partial charge in [-0.25, -0.2) is 9.97 Å². The fourth-order valence-electron chi connectivity index (χ4n) is 3.80. The van der Waals surface area contributed by atoms with Crippen LogP contribution < -0.4 is 9.64 Å². The van der Waals surface area contributed by atoms with E-state index >= 15 is 0 Å². The van der Waals surface area contributed by atoms with Crippen molar-refractivity contribution in [2.24, 2.45) is 10.9 Å². The van der Waals surface area contributed by atoms with Gasteiger partial charge >= 0.3 is 0 Å². The van der Waals surface area contributed by atoms with Crippen molar-refractivity contribution in [3.63, 3.8) is 0 Å². The highest BCUT2D eigenvalue weighted by Crippen LogP contribution is 2.28. The number of hydrogen-bond donors (Lipinski definition) is 1. The Bertz CT molecular complexity index is 870. The largest absolute Gasteiger partial charge is 0.488 e. The molecule has 2 atom stereocenters. The van der Waals surface area contributed by atoms with Gasteiger partial charge in [0.1, 0.15) is 24.0 Å². The molecule has 7 heteroatoms. The number of aliphatic hydroxyl groups is 1. The second-order valence-corrected chi connectivity index (χ2v) is 7.41. The van der Waals surface area contributed by atoms with Crippen LogP contribution in [0.3, 0.4) is 0 Å². The number of rotatable bonds is 7. The molecule has 2 aliphatic heterocycles. The van der Waals surface area contributed by atoms with Gasteiger partial charge in [-0.3, -0.25) is 4.99 Å². The number of aliphatic hydroxyl groups excluding tert-OH is 1. The lowest BCUT2D eigenvalue weighted by molar-refractivity contribution is 0.0921. The quantitative estimate of drug-likeness (QED) is 0.790. The van der Waals surface area contributed by atoms with E-state index in [2.05, 4.69) is 20.9 Å². The average Bonchev–Trinajstić information content (AvgIpc) is 3.35. The summed E-state index contributed by atoms with van der Waals surface area (Å²) in [5.74, 6) is 2.01. The molecule has 1 N–H and O–H groups in total. The SMILES string of the molecule is COC[C@H](C)Oc1ccc2c(c1)C(c1cc(N3CC[C@@H](CO)C3)ncn1)=NC2. The number of nitrogens with zero attached hydrogens (tertiary/aromatic N) is 4. The van der Waals surface area contributed by atoms with Gasteiger partial charge in [0, 0.05) is 44.4 Å². The van der Waals surface area contributed by atoms with E-state index in [0.717, 1.165) is 48.0 Å². The van der Waals surface area contributed by atoms with Crippen LogP contribution in [0.4, 0.5) is 5.82 Å². The lowest BCUT2D eigenvalue weighted by Crippen LogP contribution is -2.22. The first-order chi connectivity index (χ1) is 13.7. The number of anilines is 1. The minimum atomic E-state index is -0.0230. The fourth-order valence-corrected chi connectivity index (χ4v) is 3.80. The molecule has 2 aromatic rings. The number of ether oxygens (including phenoxy) is 2. The number of fused-ring (bicyclic) bond motifs is 1. The molecule has 0 radical (unpaired) electrons. The fraction of sp³-hybridized carbons (Fsp3) is 0.476. The summed E-state index contributed by atoms with van der Waals surface area (Å²) in [6.07, 6.45) is 2.56. The van der Waals surface area contributed by atoms with Crippen LogP contribution in [-0.2, 0) is 11.3 Å². The first-order valence-electron chi connectivity index (χ1n) is 9.69. The topological polar surface area (TPSA) is 80.1 Å². The van der Waals surface area contributed by atoms with E-state index in [9.17, 15) is 5.11 Å². The Morgan fingerprint density at radius 2 is 2.18 bits per heavy atom. The molecule has 0 saturated carbocycles. The van der Waals surface area contributed by atoms with Gasteiger partial charge in [-0.05, 0) is 31.0 Å². The molecule has 28 heavy (non-hydrogen) atoms. The average molecular weight is 382 g/mol. The Hall–Kier alpha value is -2.51. The first kappa shape index (κ1) is 18.8. The molecule has 0 spiro atoms. The molecule has 0 aliphatic carbocycles. The molecule has 148 valence electrons. The Morgan fingerprint density at radius 3 is 2.96 bits per heavy atom. The van der Waals surface area contributed by atoms with E-state index in [-0.39, 0.29) is 12.7 Å². The summed E-state index contributed by atoms with van der Waals surface area (Å²) in [6.45, 7) is 5.12. The molecule has 0 unspecified atom stereocenters. The van der Waals surface area contributed by atoms with E-state index in [0.29, 0.717) is 19.1 Å². The summed E-state index contributed by atoms with van der Waals surface area (Å²) in [5, 5.41) is 9.39. The first-order valence-corrected chi connectivity index (χ1v) is 9.69. The monoisotopic (exact) mass is 382 g/mol. The maximum absolute atomic E-state index is 9.39. The van der Waals surface area contributed by atoms with Crippen molar-refractivity contribution in [2.75, 3.05) is 38.3 Å². The molecular formula is C21H26N4O3. The van der Waals surface area contributed by atoms with Crippen molar-refractivity contribution < 1.29 is 14.6 Å². The number of aromatic nitrogens is 2. The molecule has 7 nitrogen and oxygen atoms in total. The summed E-state index contributed by atoms with van der Waals surface area (Å²) in [5.41, 5.74) is 3.92. The third kappa shape index (κ3) is 3.86. The van der Waals surface area contributed by atoms with Gasteiger partial charge in [0.05, 0.1) is 24.6 Å². The van der Waals surface area contributed by atoms with Crippen molar-refractivity contribution in [3.05, 3.63) is 47.4 Å². The van der Waals surface area contributed by atoms with Crippen LogP contribution in [-0.4, -0.2) is 60.3 Å². The van der Waals surface area contributed by atoms with Crippen molar-refractivity contribution in [3.8, 4) is 5.75 Å². The van der Waals surface area contributed by atoms with Gasteiger partial charge < -0.3 is 19.5 Å². The highest BCUT2D eigenvalue weighted by molar-refractivity contribution is 6.14. The van der Waals surface area contributed by atoms with Gasteiger partial charge in [0.15, 0.2) is 0 Å². The molecule has 1 saturated heterocycles. The Kier molecular flexibility index (Phi) is 5.54. The van der Waals surface area contributed by atoms with Crippen LogP contribution >= 0.6 is 0 Å². The van der Waals surface area contributed by atoms with E-state index in [1.807, 2.05) is 25.1 Å². The molecule has 0 bridgehead atoms. The van der Waals surface area contributed by atoms with Crippen molar-refractivity contribution in [1.29, 1.82) is 0 Å². The van der Waals surface area contributed by atoms with E-state index in [1.165, 1.54) is 5.56 Å². The van der Waals surface area contributed by atoms with Gasteiger partial charge in [-0.15, -0.1) is 0 Å². The number of hydrogen-bond acceptors (Lipinski definition) is 7. The summed E-state index contributed by atoms with van der Waals surface area (Å²) >= 11 is 0. The van der Waals surface area contributed by atoms with Gasteiger partial charge in [0.25, 0.3) is 0 Å². The van der Waals surface area contributed by atoms with Crippen LogP contribution in [0, 0.1) is 5.92 Å². The zero-order valence-corrected chi connectivity index (χ0v) is 16.3. The van der Waals surface area contributed by atoms with Crippen LogP contribution in [0.15, 0.2) is 35.6 Å². The summed E-state index contributed by atoms with van der Waals surface area (Å²) in [7, 11) is 1.67. The smallest absolute Gasteiger partial charge is 0.132 e. The molecule has 1 aromatic heterocycles. The number of benzene rings is 1. The van der Waals surface area contributed by atoms with Crippen LogP contribution in [0.5, 0.6) is 5.75 Å². The van der Waals surface area contributed by atoms with E-state index in [1.54, 1.807) is 13.4 Å². The highest BCUT2D eigenvalue weighted by atomic mass is 16.5. The Morgan fingerprint density at radius 1 is 1.29 bits per heavy atom. The minimum absolute atomic E-state index is 0.0230.